The number of hydrogen-bond acceptors (Lipinski definition) is 7. The van der Waals surface area contributed by atoms with Crippen molar-refractivity contribution in [1.29, 1.82) is 0 Å². The Balaban J connectivity index is 1.54. The topological polar surface area (TPSA) is 95.0 Å². The van der Waals surface area contributed by atoms with E-state index in [0.717, 1.165) is 49.8 Å². The van der Waals surface area contributed by atoms with E-state index in [0.29, 0.717) is 11.8 Å². The van der Waals surface area contributed by atoms with Gasteiger partial charge in [-0.25, -0.2) is 4.98 Å². The maximum atomic E-state index is 5.83. The van der Waals surface area contributed by atoms with E-state index >= 15 is 0 Å². The minimum Gasteiger partial charge on any atom is -0.481 e. The number of pyridine rings is 1. The molecule has 8 nitrogen and oxygen atoms in total. The molecule has 0 aliphatic carbocycles. The maximum absolute atomic E-state index is 5.83. The van der Waals surface area contributed by atoms with E-state index in [4.69, 9.17) is 10.5 Å². The predicted octanol–water partition coefficient (Wildman–Crippen LogP) is 2.09. The van der Waals surface area contributed by atoms with Crippen LogP contribution < -0.4 is 15.4 Å². The lowest BCUT2D eigenvalue weighted by molar-refractivity contribution is 0.397. The second-order valence-electron chi connectivity index (χ2n) is 6.65. The number of rotatable bonds is 5. The lowest BCUT2D eigenvalue weighted by Gasteiger charge is -2.33. The Morgan fingerprint density at radius 1 is 1.22 bits per heavy atom. The van der Waals surface area contributed by atoms with Crippen molar-refractivity contribution >= 4 is 11.8 Å². The zero-order valence-corrected chi connectivity index (χ0v) is 15.3. The molecule has 27 heavy (non-hydrogen) atoms. The number of methoxy groups -OCH3 is 1. The van der Waals surface area contributed by atoms with Crippen molar-refractivity contribution in [2.45, 2.75) is 25.3 Å². The van der Waals surface area contributed by atoms with Crippen molar-refractivity contribution in [3.8, 4) is 5.88 Å². The molecule has 1 atom stereocenters. The number of ether oxygens (including phenoxy) is 1. The van der Waals surface area contributed by atoms with Crippen LogP contribution in [-0.4, -0.2) is 44.7 Å². The maximum Gasteiger partial charge on any atom is 0.225 e. The Morgan fingerprint density at radius 2 is 2.15 bits per heavy atom. The zero-order chi connectivity index (χ0) is 18.6. The van der Waals surface area contributed by atoms with Gasteiger partial charge in [-0.3, -0.25) is 4.98 Å². The zero-order valence-electron chi connectivity index (χ0n) is 15.3. The fourth-order valence-electron chi connectivity index (χ4n) is 3.57. The van der Waals surface area contributed by atoms with Crippen LogP contribution in [0.2, 0.25) is 0 Å². The third-order valence-corrected chi connectivity index (χ3v) is 4.83. The molecule has 2 N–H and O–H groups in total. The van der Waals surface area contributed by atoms with Gasteiger partial charge in [-0.15, -0.1) is 0 Å². The molecule has 1 unspecified atom stereocenters. The first-order chi connectivity index (χ1) is 13.2. The average Bonchev–Trinajstić information content (AvgIpc) is 3.16. The Kier molecular flexibility index (Phi) is 4.86. The number of nitrogens with two attached hydrogens (primary N) is 1. The van der Waals surface area contributed by atoms with Crippen LogP contribution in [0.3, 0.4) is 0 Å². The fraction of sp³-hybridized carbons (Fsp3) is 0.368. The first kappa shape index (κ1) is 17.3. The summed E-state index contributed by atoms with van der Waals surface area (Å²) in [6.07, 6.45) is 7.86. The van der Waals surface area contributed by atoms with Crippen LogP contribution in [0.5, 0.6) is 5.88 Å². The van der Waals surface area contributed by atoms with Gasteiger partial charge in [0.25, 0.3) is 0 Å². The normalized spacial score (nSPS) is 17.1. The van der Waals surface area contributed by atoms with E-state index in [2.05, 4.69) is 29.4 Å². The van der Waals surface area contributed by atoms with Gasteiger partial charge in [0.15, 0.2) is 0 Å². The summed E-state index contributed by atoms with van der Waals surface area (Å²) < 4.78 is 7.42. The quantitative estimate of drug-likeness (QED) is 0.740. The highest BCUT2D eigenvalue weighted by molar-refractivity contribution is 5.46. The second kappa shape index (κ2) is 7.61. The molecule has 0 saturated carbocycles. The SMILES string of the molecule is COc1cc(N2CCCC(c3nccn3Cc3ccccn3)C2)nc(N)n1. The molecule has 140 valence electrons. The highest BCUT2D eigenvalue weighted by atomic mass is 16.5. The number of hydrogen-bond donors (Lipinski definition) is 1. The summed E-state index contributed by atoms with van der Waals surface area (Å²) in [4.78, 5) is 19.8. The van der Waals surface area contributed by atoms with Gasteiger partial charge in [-0.2, -0.15) is 9.97 Å². The number of anilines is 2. The standard InChI is InChI=1S/C19H23N7O/c1-27-17-11-16(23-19(20)24-17)25-9-4-5-14(12-25)18-22-8-10-26(18)13-15-6-2-3-7-21-15/h2-3,6-8,10-11,14H,4-5,9,12-13H2,1H3,(H2,20,23,24). The summed E-state index contributed by atoms with van der Waals surface area (Å²) in [6, 6.07) is 7.80. The van der Waals surface area contributed by atoms with Crippen LogP contribution in [0.4, 0.5) is 11.8 Å². The van der Waals surface area contributed by atoms with Crippen LogP contribution in [0.15, 0.2) is 42.9 Å². The summed E-state index contributed by atoms with van der Waals surface area (Å²) in [7, 11) is 1.58. The minimum absolute atomic E-state index is 0.225. The number of imidazole rings is 1. The van der Waals surface area contributed by atoms with Gasteiger partial charge in [0, 0.05) is 43.7 Å². The first-order valence-corrected chi connectivity index (χ1v) is 9.07. The number of aromatic nitrogens is 5. The van der Waals surface area contributed by atoms with E-state index in [-0.39, 0.29) is 5.95 Å². The van der Waals surface area contributed by atoms with Crippen molar-refractivity contribution in [3.63, 3.8) is 0 Å². The molecule has 0 amide bonds. The highest BCUT2D eigenvalue weighted by Crippen LogP contribution is 2.30. The van der Waals surface area contributed by atoms with E-state index < -0.39 is 0 Å². The lowest BCUT2D eigenvalue weighted by Crippen LogP contribution is -2.36. The number of nitrogen functional groups attached to an aromatic ring is 1. The van der Waals surface area contributed by atoms with E-state index in [9.17, 15) is 0 Å². The predicted molar refractivity (Wildman–Crippen MR) is 103 cm³/mol. The van der Waals surface area contributed by atoms with Crippen molar-refractivity contribution < 1.29 is 4.74 Å². The van der Waals surface area contributed by atoms with Crippen LogP contribution in [0, 0.1) is 0 Å². The molecule has 0 spiro atoms. The molecule has 0 bridgehead atoms. The van der Waals surface area contributed by atoms with Crippen LogP contribution in [-0.2, 0) is 6.54 Å². The molecule has 3 aromatic heterocycles. The monoisotopic (exact) mass is 365 g/mol. The molecule has 0 radical (unpaired) electrons. The molecule has 1 aliphatic heterocycles. The van der Waals surface area contributed by atoms with Crippen molar-refractivity contribution in [3.05, 3.63) is 54.4 Å². The molecule has 0 aromatic carbocycles. The van der Waals surface area contributed by atoms with Crippen LogP contribution in [0.1, 0.15) is 30.3 Å². The molecule has 1 fully saturated rings. The van der Waals surface area contributed by atoms with Crippen molar-refractivity contribution in [2.75, 3.05) is 30.8 Å². The summed E-state index contributed by atoms with van der Waals surface area (Å²) >= 11 is 0. The van der Waals surface area contributed by atoms with Crippen molar-refractivity contribution in [1.82, 2.24) is 24.5 Å². The van der Waals surface area contributed by atoms with Gasteiger partial charge in [-0.05, 0) is 25.0 Å². The third kappa shape index (κ3) is 3.84. The fourth-order valence-corrected chi connectivity index (χ4v) is 3.57. The van der Waals surface area contributed by atoms with Gasteiger partial charge < -0.3 is 19.9 Å². The summed E-state index contributed by atoms with van der Waals surface area (Å²) in [5.41, 5.74) is 6.85. The molecule has 1 aliphatic rings. The van der Waals surface area contributed by atoms with Gasteiger partial charge in [-0.1, -0.05) is 6.07 Å². The van der Waals surface area contributed by atoms with Gasteiger partial charge >= 0.3 is 0 Å². The average molecular weight is 365 g/mol. The van der Waals surface area contributed by atoms with Crippen LogP contribution >= 0.6 is 0 Å². The Hall–Kier alpha value is -3.16. The summed E-state index contributed by atoms with van der Waals surface area (Å²) in [6.45, 7) is 2.48. The van der Waals surface area contributed by atoms with Gasteiger partial charge in [0.1, 0.15) is 11.6 Å². The molecule has 8 heteroatoms. The smallest absolute Gasteiger partial charge is 0.225 e. The number of piperidine rings is 1. The third-order valence-electron chi connectivity index (χ3n) is 4.83. The molecule has 1 saturated heterocycles. The molecular weight excluding hydrogens is 342 g/mol. The molecular formula is C19H23N7O. The summed E-state index contributed by atoms with van der Waals surface area (Å²) in [5.74, 6) is 2.91. The second-order valence-corrected chi connectivity index (χ2v) is 6.65. The Bertz CT molecular complexity index is 896. The first-order valence-electron chi connectivity index (χ1n) is 9.07. The molecule has 4 heterocycles. The van der Waals surface area contributed by atoms with Crippen molar-refractivity contribution in [2.24, 2.45) is 0 Å². The van der Waals surface area contributed by atoms with Crippen LogP contribution in [0.25, 0.3) is 0 Å². The van der Waals surface area contributed by atoms with E-state index in [1.54, 1.807) is 7.11 Å². The lowest BCUT2D eigenvalue weighted by atomic mass is 9.97. The Labute approximate surface area is 158 Å². The van der Waals surface area contributed by atoms with E-state index in [1.165, 1.54) is 0 Å². The molecule has 4 rings (SSSR count). The minimum atomic E-state index is 0.225. The molecule has 3 aromatic rings. The highest BCUT2D eigenvalue weighted by Gasteiger charge is 2.26. The van der Waals surface area contributed by atoms with Gasteiger partial charge in [0.2, 0.25) is 11.8 Å². The Morgan fingerprint density at radius 3 is 2.96 bits per heavy atom. The van der Waals surface area contributed by atoms with Gasteiger partial charge in [0.05, 0.1) is 19.3 Å². The summed E-state index contributed by atoms with van der Waals surface area (Å²) in [5, 5.41) is 0. The van der Waals surface area contributed by atoms with E-state index in [1.807, 2.05) is 42.9 Å². The number of nitrogens with zero attached hydrogens (tertiary/aromatic N) is 6. The largest absolute Gasteiger partial charge is 0.481 e.